The van der Waals surface area contributed by atoms with Crippen LogP contribution in [0.3, 0.4) is 0 Å². The maximum Gasteiger partial charge on any atom is 0.114 e. The molecule has 792 valence electrons. The molecule has 10 heteroatoms. The predicted molar refractivity (Wildman–Crippen MR) is 648 cm³/mol. The van der Waals surface area contributed by atoms with E-state index in [-0.39, 0.29) is 37.1 Å². The molecule has 10 nitrogen and oxygen atoms in total. The normalized spacial score (nSPS) is 21.3. The summed E-state index contributed by atoms with van der Waals surface area (Å²) >= 11 is 0. The molecule has 0 N–H and O–H groups in total. The minimum absolute atomic E-state index is 0. The molecule has 0 amide bonds. The van der Waals surface area contributed by atoms with E-state index in [1.807, 2.05) is 0 Å². The van der Waals surface area contributed by atoms with Crippen LogP contribution in [0.2, 0.25) is 0 Å². The molecule has 5 aliphatic heterocycles. The van der Waals surface area contributed by atoms with E-state index >= 15 is 0 Å². The monoisotopic (exact) mass is 2000 g/mol. The third-order valence-corrected chi connectivity index (χ3v) is 35.3. The van der Waals surface area contributed by atoms with E-state index in [0.29, 0.717) is 72.3 Å². The standard InChI is InChI=1S/C29H38N2.C29H32N2.C28H36N2.2C24H30N2.5CH4/c2*1-22-14-12-13-21-27(22)30-23(2)28(24-15-6-3-7-16-24)31(26-19-10-5-11-20-26)29(30)25-17-8-4-9-18-25;1-21-13-9-12-20-26(21)29-22(2)27(23-14-10-11-15-23)30(25-18-7-4-8-19-25)28(29)24-16-5-3-6-17-24;2*1-18-12-10-11-17-23(18)26-20(3)19(2)25(22-15-8-5-9-16-22)24(26)21-13-6-4-7-14-21;;;;;/h5,10-14,19-21,24-25,29H,3-4,6-9,15-18H2,1-2H3;3,5-7,10-16,19-21,25,29H,4,8-9,17-18H2,1-2H3;4,7-9,12-13,18-20,23-24,28H,3,5-6,10-11,14-17H2,1-2H3;2*5,8-12,15-17,21,24H,4,6-7,13-14H2,1-3H3;5*1H4. The van der Waals surface area contributed by atoms with Gasteiger partial charge in [0.1, 0.15) is 30.8 Å². The average molecular weight is 2000 g/mol. The Morgan fingerprint density at radius 2 is 0.329 bits per heavy atom. The SMILES string of the molecule is C.C.C.C.C.CC1=C(C)N(c2ccccc2C)C(C2CCCCC2)N1c1ccccc1.CC1=C(C)N(c2ccccc2C)C(C2CCCCC2)N1c1ccccc1.CC1=C(C2CCCC2)N(c2ccccc2)C(C2CCCCC2)N1c1ccccc1C.CC1=C(C2CCCCC2)N(c2ccccc2)C(C2CCCCC2)N1c1ccccc1C.CC1=C(c2ccccc2)N(c2ccccc2)C(C2CCCCC2)N1c1ccccc1C. The van der Waals surface area contributed by atoms with Gasteiger partial charge in [-0.25, -0.2) is 0 Å². The van der Waals surface area contributed by atoms with Crippen LogP contribution in [0.15, 0.2) is 355 Å². The Hall–Kier alpha value is -11.9. The number of rotatable bonds is 18. The maximum absolute atomic E-state index is 2.79. The molecule has 149 heavy (non-hydrogen) atoms. The fraction of sp³-hybridized carbons (Fsp3) is 0.453. The van der Waals surface area contributed by atoms with E-state index < -0.39 is 0 Å². The largest absolute Gasteiger partial charge is 0.322 e. The van der Waals surface area contributed by atoms with Gasteiger partial charge in [-0.15, -0.1) is 0 Å². The predicted octanol–water partition coefficient (Wildman–Crippen LogP) is 39.4. The lowest BCUT2D eigenvalue weighted by Crippen LogP contribution is -2.47. The fourth-order valence-corrected chi connectivity index (χ4v) is 28.0. The van der Waals surface area contributed by atoms with Crippen LogP contribution >= 0.6 is 0 Å². The molecular weight excluding hydrogens is 1810 g/mol. The zero-order valence-corrected chi connectivity index (χ0v) is 89.3. The van der Waals surface area contributed by atoms with Gasteiger partial charge in [-0.3, -0.25) is 0 Å². The van der Waals surface area contributed by atoms with Gasteiger partial charge in [0, 0.05) is 120 Å². The summed E-state index contributed by atoms with van der Waals surface area (Å²) in [6.45, 7) is 27.6. The van der Waals surface area contributed by atoms with E-state index in [0.717, 1.165) is 0 Å². The Labute approximate surface area is 904 Å². The van der Waals surface area contributed by atoms with Crippen LogP contribution in [0, 0.1) is 76.0 Å². The molecule has 0 saturated heterocycles. The van der Waals surface area contributed by atoms with Gasteiger partial charge in [-0.05, 0) is 327 Å². The maximum atomic E-state index is 2.79. The summed E-state index contributed by atoms with van der Waals surface area (Å²) in [6.07, 6.45) is 48.1. The quantitative estimate of drug-likeness (QED) is 0.0828. The van der Waals surface area contributed by atoms with Crippen molar-refractivity contribution in [1.82, 2.24) is 0 Å². The number of benzene rings is 11. The highest BCUT2D eigenvalue weighted by molar-refractivity contribution is 5.90. The van der Waals surface area contributed by atoms with Gasteiger partial charge in [-0.1, -0.05) is 378 Å². The van der Waals surface area contributed by atoms with Crippen molar-refractivity contribution in [2.75, 3.05) is 49.0 Å². The molecular formula is C139H186N10. The van der Waals surface area contributed by atoms with Crippen molar-refractivity contribution < 1.29 is 0 Å². The van der Waals surface area contributed by atoms with Crippen LogP contribution in [0.25, 0.3) is 5.70 Å². The number of para-hydroxylation sites is 10. The van der Waals surface area contributed by atoms with Gasteiger partial charge in [0.15, 0.2) is 0 Å². The molecule has 5 unspecified atom stereocenters. The summed E-state index contributed by atoms with van der Waals surface area (Å²) in [5.41, 5.74) is 36.1. The van der Waals surface area contributed by atoms with Gasteiger partial charge in [0.25, 0.3) is 0 Å². The van der Waals surface area contributed by atoms with E-state index in [1.165, 1.54) is 354 Å². The first-order valence-electron chi connectivity index (χ1n) is 56.6. The topological polar surface area (TPSA) is 32.4 Å². The Morgan fingerprint density at radius 1 is 0.154 bits per heavy atom. The highest BCUT2D eigenvalue weighted by atomic mass is 15.5. The first kappa shape index (κ1) is 113. The average Bonchev–Trinajstić information content (AvgIpc) is 1.58. The zero-order chi connectivity index (χ0) is 99.1. The molecule has 23 rings (SSSR count). The van der Waals surface area contributed by atoms with Gasteiger partial charge in [0.05, 0.1) is 5.70 Å². The second-order valence-corrected chi connectivity index (χ2v) is 44.3. The molecule has 7 fully saturated rings. The molecule has 11 aromatic carbocycles. The number of hydrogen-bond acceptors (Lipinski definition) is 10. The lowest BCUT2D eigenvalue weighted by molar-refractivity contribution is 0.301. The van der Waals surface area contributed by atoms with E-state index in [2.05, 4.69) is 435 Å². The third kappa shape index (κ3) is 24.2. The Bertz CT molecular complexity index is 6020. The number of nitrogens with zero attached hydrogens (tertiary/aromatic N) is 10. The lowest BCUT2D eigenvalue weighted by atomic mass is 9.84. The highest BCUT2D eigenvalue weighted by Crippen LogP contribution is 2.56. The summed E-state index contributed by atoms with van der Waals surface area (Å²) in [7, 11) is 0. The second kappa shape index (κ2) is 53.2. The summed E-state index contributed by atoms with van der Waals surface area (Å²) in [6, 6.07) is 111. The van der Waals surface area contributed by atoms with Crippen molar-refractivity contribution in [2.24, 2.45) is 41.4 Å². The van der Waals surface area contributed by atoms with Crippen LogP contribution in [-0.4, -0.2) is 30.8 Å². The summed E-state index contributed by atoms with van der Waals surface area (Å²) in [5, 5.41) is 0. The fourth-order valence-electron chi connectivity index (χ4n) is 28.0. The van der Waals surface area contributed by atoms with Crippen molar-refractivity contribution in [3.63, 3.8) is 0 Å². The number of aryl methyl sites for hydroxylation is 5. The lowest BCUT2D eigenvalue weighted by Gasteiger charge is -2.43. The second-order valence-electron chi connectivity index (χ2n) is 44.3. The first-order valence-corrected chi connectivity index (χ1v) is 56.6. The van der Waals surface area contributed by atoms with E-state index in [4.69, 9.17) is 0 Å². The molecule has 0 radical (unpaired) electrons. The zero-order valence-electron chi connectivity index (χ0n) is 89.3. The molecule has 7 aliphatic carbocycles. The molecule has 0 aromatic heterocycles. The number of allylic oxidation sites excluding steroid dienone is 9. The van der Waals surface area contributed by atoms with Crippen molar-refractivity contribution in [2.45, 2.75) is 369 Å². The summed E-state index contributed by atoms with van der Waals surface area (Å²) in [5.74, 6) is 4.87. The van der Waals surface area contributed by atoms with E-state index in [1.54, 1.807) is 11.4 Å². The molecule has 0 bridgehead atoms. The van der Waals surface area contributed by atoms with Crippen molar-refractivity contribution >= 4 is 62.6 Å². The van der Waals surface area contributed by atoms with Crippen LogP contribution < -0.4 is 49.0 Å². The van der Waals surface area contributed by atoms with E-state index in [9.17, 15) is 0 Å². The number of anilines is 10. The third-order valence-electron chi connectivity index (χ3n) is 35.3. The van der Waals surface area contributed by atoms with Crippen LogP contribution in [0.1, 0.15) is 337 Å². The van der Waals surface area contributed by atoms with Crippen molar-refractivity contribution in [3.05, 3.63) is 388 Å². The van der Waals surface area contributed by atoms with Crippen LogP contribution in [0.4, 0.5) is 56.9 Å². The Balaban J connectivity index is 0.000000146. The summed E-state index contributed by atoms with van der Waals surface area (Å²) in [4.78, 5) is 26.7. The van der Waals surface area contributed by atoms with Crippen LogP contribution in [0.5, 0.6) is 0 Å². The minimum atomic E-state index is 0. The molecule has 5 heterocycles. The van der Waals surface area contributed by atoms with Gasteiger partial charge in [0.2, 0.25) is 0 Å². The molecule has 7 saturated carbocycles. The Kier molecular flexibility index (Phi) is 40.3. The number of hydrogen-bond donors (Lipinski definition) is 0. The smallest absolute Gasteiger partial charge is 0.114 e. The Morgan fingerprint density at radius 3 is 0.577 bits per heavy atom. The van der Waals surface area contributed by atoms with Crippen LogP contribution in [-0.2, 0) is 0 Å². The van der Waals surface area contributed by atoms with Gasteiger partial charge in [-0.2, -0.15) is 0 Å². The molecule has 0 spiro atoms. The highest BCUT2D eigenvalue weighted by Gasteiger charge is 2.51. The van der Waals surface area contributed by atoms with Gasteiger partial charge < -0.3 is 49.0 Å². The summed E-state index contributed by atoms with van der Waals surface area (Å²) < 4.78 is 0. The molecule has 12 aliphatic rings. The molecule has 5 atom stereocenters. The van der Waals surface area contributed by atoms with Crippen molar-refractivity contribution in [1.29, 1.82) is 0 Å². The minimum Gasteiger partial charge on any atom is -0.322 e. The first-order chi connectivity index (χ1) is 70.6. The molecule has 11 aromatic rings. The van der Waals surface area contributed by atoms with Crippen molar-refractivity contribution in [3.8, 4) is 0 Å². The van der Waals surface area contributed by atoms with Gasteiger partial charge >= 0.3 is 0 Å².